The third kappa shape index (κ3) is 3.11. The van der Waals surface area contributed by atoms with E-state index in [1.807, 2.05) is 25.1 Å². The lowest BCUT2D eigenvalue weighted by Crippen LogP contribution is -2.24. The highest BCUT2D eigenvalue weighted by Crippen LogP contribution is 2.25. The number of ether oxygens (including phenoxy) is 1. The first kappa shape index (κ1) is 13.8. The van der Waals surface area contributed by atoms with Gasteiger partial charge in [0.25, 0.3) is 5.91 Å². The van der Waals surface area contributed by atoms with Gasteiger partial charge in [-0.2, -0.15) is 5.10 Å². The molecule has 2 aromatic heterocycles. The Kier molecular flexibility index (Phi) is 3.96. The van der Waals surface area contributed by atoms with Crippen molar-refractivity contribution >= 4 is 5.91 Å². The molecule has 3 heterocycles. The molecule has 0 bridgehead atoms. The number of aromatic amines is 1. The molecule has 0 unspecified atom stereocenters. The molecule has 6 heteroatoms. The molecule has 2 aromatic rings. The maximum atomic E-state index is 12.3. The molecule has 21 heavy (non-hydrogen) atoms. The number of carbonyl (C=O) groups excluding carboxylic acids is 1. The van der Waals surface area contributed by atoms with Gasteiger partial charge < -0.3 is 10.1 Å². The van der Waals surface area contributed by atoms with E-state index in [0.29, 0.717) is 18.7 Å². The molecule has 1 aliphatic rings. The monoisotopic (exact) mass is 286 g/mol. The Balaban J connectivity index is 1.67. The zero-order chi connectivity index (χ0) is 14.7. The lowest BCUT2D eigenvalue weighted by Gasteiger charge is -2.09. The van der Waals surface area contributed by atoms with Crippen LogP contribution in [-0.4, -0.2) is 34.3 Å². The SMILES string of the molecule is Cc1cccc(CNC(=O)c2cn[nH]c2[C@H]2CCOC2)n1. The maximum Gasteiger partial charge on any atom is 0.255 e. The minimum atomic E-state index is -0.131. The zero-order valence-corrected chi connectivity index (χ0v) is 11.9. The Morgan fingerprint density at radius 2 is 2.43 bits per heavy atom. The molecule has 0 radical (unpaired) electrons. The molecule has 1 atom stereocenters. The lowest BCUT2D eigenvalue weighted by molar-refractivity contribution is 0.0949. The molecule has 0 aliphatic carbocycles. The number of H-pyrrole nitrogens is 1. The summed E-state index contributed by atoms with van der Waals surface area (Å²) in [4.78, 5) is 16.7. The topological polar surface area (TPSA) is 79.9 Å². The summed E-state index contributed by atoms with van der Waals surface area (Å²) in [6, 6.07) is 5.76. The van der Waals surface area contributed by atoms with Crippen LogP contribution in [0.4, 0.5) is 0 Å². The first-order valence-electron chi connectivity index (χ1n) is 7.06. The van der Waals surface area contributed by atoms with E-state index in [-0.39, 0.29) is 11.8 Å². The molecular formula is C15H18N4O2. The summed E-state index contributed by atoms with van der Waals surface area (Å²) in [5.74, 6) is 0.0966. The standard InChI is InChI=1S/C15H18N4O2/c1-10-3-2-4-12(18-10)7-16-15(20)13-8-17-19-14(13)11-5-6-21-9-11/h2-4,8,11H,5-7,9H2,1H3,(H,16,20)(H,17,19)/t11-/m0/s1. The average Bonchev–Trinajstić information content (AvgIpc) is 3.14. The summed E-state index contributed by atoms with van der Waals surface area (Å²) < 4.78 is 5.37. The quantitative estimate of drug-likeness (QED) is 0.893. The van der Waals surface area contributed by atoms with E-state index < -0.39 is 0 Å². The van der Waals surface area contributed by atoms with Crippen molar-refractivity contribution in [3.63, 3.8) is 0 Å². The van der Waals surface area contributed by atoms with Gasteiger partial charge in [-0.05, 0) is 25.5 Å². The molecule has 1 fully saturated rings. The number of rotatable bonds is 4. The Bertz CT molecular complexity index is 632. The third-order valence-corrected chi connectivity index (χ3v) is 3.63. The van der Waals surface area contributed by atoms with Crippen LogP contribution in [0.2, 0.25) is 0 Å². The van der Waals surface area contributed by atoms with Crippen LogP contribution in [0.3, 0.4) is 0 Å². The van der Waals surface area contributed by atoms with E-state index in [9.17, 15) is 4.79 Å². The van der Waals surface area contributed by atoms with Crippen LogP contribution in [-0.2, 0) is 11.3 Å². The van der Waals surface area contributed by atoms with Crippen LogP contribution in [0.25, 0.3) is 0 Å². The Hall–Kier alpha value is -2.21. The second kappa shape index (κ2) is 6.05. The second-order valence-electron chi connectivity index (χ2n) is 5.21. The first-order chi connectivity index (χ1) is 10.2. The largest absolute Gasteiger partial charge is 0.381 e. The van der Waals surface area contributed by atoms with Gasteiger partial charge in [0, 0.05) is 18.2 Å². The van der Waals surface area contributed by atoms with Gasteiger partial charge in [-0.1, -0.05) is 6.07 Å². The number of hydrogen-bond donors (Lipinski definition) is 2. The van der Waals surface area contributed by atoms with Crippen molar-refractivity contribution in [2.45, 2.75) is 25.8 Å². The minimum Gasteiger partial charge on any atom is -0.381 e. The van der Waals surface area contributed by atoms with Crippen molar-refractivity contribution in [3.05, 3.63) is 47.0 Å². The van der Waals surface area contributed by atoms with Gasteiger partial charge in [-0.15, -0.1) is 0 Å². The lowest BCUT2D eigenvalue weighted by atomic mass is 10.0. The van der Waals surface area contributed by atoms with E-state index in [1.165, 1.54) is 0 Å². The Morgan fingerprint density at radius 1 is 1.52 bits per heavy atom. The van der Waals surface area contributed by atoms with E-state index in [0.717, 1.165) is 30.1 Å². The first-order valence-corrected chi connectivity index (χ1v) is 7.06. The summed E-state index contributed by atoms with van der Waals surface area (Å²) in [7, 11) is 0. The number of carbonyl (C=O) groups is 1. The molecule has 0 aromatic carbocycles. The number of hydrogen-bond acceptors (Lipinski definition) is 4. The molecule has 1 amide bonds. The molecule has 6 nitrogen and oxygen atoms in total. The Morgan fingerprint density at radius 3 is 3.19 bits per heavy atom. The number of nitrogens with one attached hydrogen (secondary N) is 2. The highest BCUT2D eigenvalue weighted by molar-refractivity contribution is 5.95. The predicted molar refractivity (Wildman–Crippen MR) is 76.9 cm³/mol. The number of aryl methyl sites for hydroxylation is 1. The van der Waals surface area contributed by atoms with Crippen LogP contribution in [0.5, 0.6) is 0 Å². The van der Waals surface area contributed by atoms with Gasteiger partial charge in [0.2, 0.25) is 0 Å². The fourth-order valence-corrected chi connectivity index (χ4v) is 2.51. The second-order valence-corrected chi connectivity index (χ2v) is 5.21. The summed E-state index contributed by atoms with van der Waals surface area (Å²) in [5.41, 5.74) is 3.24. The van der Waals surface area contributed by atoms with E-state index >= 15 is 0 Å². The van der Waals surface area contributed by atoms with E-state index in [2.05, 4.69) is 20.5 Å². The molecule has 1 saturated heterocycles. The third-order valence-electron chi connectivity index (χ3n) is 3.63. The molecular weight excluding hydrogens is 268 g/mol. The van der Waals surface area contributed by atoms with Crippen LogP contribution in [0.1, 0.15) is 39.8 Å². The van der Waals surface area contributed by atoms with E-state index in [4.69, 9.17) is 4.74 Å². The normalized spacial score (nSPS) is 17.9. The predicted octanol–water partition coefficient (Wildman–Crippen LogP) is 1.55. The molecule has 0 spiro atoms. The minimum absolute atomic E-state index is 0.131. The summed E-state index contributed by atoms with van der Waals surface area (Å²) in [5, 5.41) is 9.82. The van der Waals surface area contributed by atoms with E-state index in [1.54, 1.807) is 6.20 Å². The smallest absolute Gasteiger partial charge is 0.255 e. The van der Waals surface area contributed by atoms with Crippen LogP contribution < -0.4 is 5.32 Å². The van der Waals surface area contributed by atoms with Crippen molar-refractivity contribution < 1.29 is 9.53 Å². The summed E-state index contributed by atoms with van der Waals surface area (Å²) >= 11 is 0. The van der Waals surface area contributed by atoms with Crippen LogP contribution >= 0.6 is 0 Å². The van der Waals surface area contributed by atoms with Gasteiger partial charge in [0.15, 0.2) is 0 Å². The van der Waals surface area contributed by atoms with Crippen LogP contribution in [0.15, 0.2) is 24.4 Å². The van der Waals surface area contributed by atoms with Gasteiger partial charge in [0.1, 0.15) is 0 Å². The van der Waals surface area contributed by atoms with Crippen molar-refractivity contribution in [2.24, 2.45) is 0 Å². The highest BCUT2D eigenvalue weighted by atomic mass is 16.5. The average molecular weight is 286 g/mol. The zero-order valence-electron chi connectivity index (χ0n) is 11.9. The maximum absolute atomic E-state index is 12.3. The number of pyridine rings is 1. The number of nitrogens with zero attached hydrogens (tertiary/aromatic N) is 2. The fourth-order valence-electron chi connectivity index (χ4n) is 2.51. The molecule has 3 rings (SSSR count). The van der Waals surface area contributed by atoms with Crippen molar-refractivity contribution in [2.75, 3.05) is 13.2 Å². The van der Waals surface area contributed by atoms with Gasteiger partial charge in [-0.3, -0.25) is 14.9 Å². The molecule has 2 N–H and O–H groups in total. The van der Waals surface area contributed by atoms with Crippen molar-refractivity contribution in [1.29, 1.82) is 0 Å². The summed E-state index contributed by atoms with van der Waals surface area (Å²) in [6.07, 6.45) is 2.49. The van der Waals surface area contributed by atoms with Gasteiger partial charge in [-0.25, -0.2) is 0 Å². The number of aromatic nitrogens is 3. The van der Waals surface area contributed by atoms with Crippen molar-refractivity contribution in [3.8, 4) is 0 Å². The fraction of sp³-hybridized carbons (Fsp3) is 0.400. The Labute approximate surface area is 122 Å². The molecule has 1 aliphatic heterocycles. The number of amides is 1. The summed E-state index contributed by atoms with van der Waals surface area (Å²) in [6.45, 7) is 3.71. The van der Waals surface area contributed by atoms with Gasteiger partial charge >= 0.3 is 0 Å². The van der Waals surface area contributed by atoms with Gasteiger partial charge in [0.05, 0.1) is 36.3 Å². The van der Waals surface area contributed by atoms with Crippen molar-refractivity contribution in [1.82, 2.24) is 20.5 Å². The van der Waals surface area contributed by atoms with Crippen LogP contribution in [0, 0.1) is 6.92 Å². The molecule has 110 valence electrons. The highest BCUT2D eigenvalue weighted by Gasteiger charge is 2.25. The molecule has 0 saturated carbocycles.